The molecule has 0 spiro atoms. The van der Waals surface area contributed by atoms with E-state index in [1.54, 1.807) is 30.3 Å². The summed E-state index contributed by atoms with van der Waals surface area (Å²) < 4.78 is 69.1. The predicted molar refractivity (Wildman–Crippen MR) is 88.3 cm³/mol. The van der Waals surface area contributed by atoms with Crippen molar-refractivity contribution in [1.82, 2.24) is 0 Å². The molecule has 0 radical (unpaired) electrons. The van der Waals surface area contributed by atoms with E-state index in [1.165, 1.54) is 18.2 Å². The molecule has 26 heavy (non-hydrogen) atoms. The molecule has 0 aromatic heterocycles. The molecule has 0 unspecified atom stereocenters. The van der Waals surface area contributed by atoms with Crippen LogP contribution in [0.2, 0.25) is 0 Å². The zero-order valence-electron chi connectivity index (χ0n) is 13.1. The van der Waals surface area contributed by atoms with Gasteiger partial charge < -0.3 is 10.5 Å². The number of hydrogen-bond acceptors (Lipinski definition) is 2. The minimum Gasteiger partial charge on any atom is -0.406 e. The van der Waals surface area contributed by atoms with Crippen molar-refractivity contribution in [3.05, 3.63) is 72.3 Å². The summed E-state index contributed by atoms with van der Waals surface area (Å²) in [5.74, 6) is -2.21. The SMILES string of the molecule is Nc1c(F)ccc(-c2ccccc2-c2cccc(OC(F)(F)F)c2)c1F. The summed E-state index contributed by atoms with van der Waals surface area (Å²) in [6, 6.07) is 14.0. The second-order valence-corrected chi connectivity index (χ2v) is 5.44. The Morgan fingerprint density at radius 3 is 2.15 bits per heavy atom. The monoisotopic (exact) mass is 365 g/mol. The van der Waals surface area contributed by atoms with E-state index in [4.69, 9.17) is 5.73 Å². The van der Waals surface area contributed by atoms with Crippen LogP contribution in [0.3, 0.4) is 0 Å². The number of nitrogen functional groups attached to an aromatic ring is 1. The minimum atomic E-state index is -4.82. The maximum atomic E-state index is 14.4. The van der Waals surface area contributed by atoms with Crippen LogP contribution < -0.4 is 10.5 Å². The molecule has 0 atom stereocenters. The second kappa shape index (κ2) is 6.67. The maximum Gasteiger partial charge on any atom is 0.573 e. The third kappa shape index (κ3) is 3.61. The Balaban J connectivity index is 2.12. The van der Waals surface area contributed by atoms with Crippen LogP contribution in [0, 0.1) is 11.6 Å². The van der Waals surface area contributed by atoms with Gasteiger partial charge in [-0.1, -0.05) is 36.4 Å². The van der Waals surface area contributed by atoms with E-state index < -0.39 is 29.4 Å². The van der Waals surface area contributed by atoms with Crippen molar-refractivity contribution in [1.29, 1.82) is 0 Å². The van der Waals surface area contributed by atoms with Gasteiger partial charge in [-0.3, -0.25) is 0 Å². The summed E-state index contributed by atoms with van der Waals surface area (Å²) in [4.78, 5) is 0. The third-order valence-corrected chi connectivity index (χ3v) is 3.72. The van der Waals surface area contributed by atoms with E-state index in [1.807, 2.05) is 0 Å². The van der Waals surface area contributed by atoms with Crippen LogP contribution in [0.1, 0.15) is 0 Å². The summed E-state index contributed by atoms with van der Waals surface area (Å²) in [6.07, 6.45) is -4.82. The third-order valence-electron chi connectivity index (χ3n) is 3.72. The standard InChI is InChI=1S/C19H12F5NO/c20-16-9-8-15(17(21)18(16)25)14-7-2-1-6-13(14)11-4-3-5-12(10-11)26-19(22,23)24/h1-10H,25H2. The maximum absolute atomic E-state index is 14.4. The quantitative estimate of drug-likeness (QED) is 0.472. The molecule has 7 heteroatoms. The first kappa shape index (κ1) is 17.7. The van der Waals surface area contributed by atoms with Gasteiger partial charge in [-0.2, -0.15) is 0 Å². The molecule has 0 bridgehead atoms. The van der Waals surface area contributed by atoms with Gasteiger partial charge in [-0.25, -0.2) is 8.78 Å². The normalized spacial score (nSPS) is 11.4. The number of ether oxygens (including phenoxy) is 1. The second-order valence-electron chi connectivity index (χ2n) is 5.44. The van der Waals surface area contributed by atoms with Crippen LogP contribution in [0.5, 0.6) is 5.75 Å². The van der Waals surface area contributed by atoms with Crippen LogP contribution in [0.4, 0.5) is 27.6 Å². The van der Waals surface area contributed by atoms with Crippen molar-refractivity contribution in [3.63, 3.8) is 0 Å². The molecule has 3 aromatic rings. The Morgan fingerprint density at radius 2 is 1.46 bits per heavy atom. The van der Waals surface area contributed by atoms with Gasteiger partial charge in [0.2, 0.25) is 0 Å². The average Bonchev–Trinajstić information content (AvgIpc) is 2.59. The molecule has 0 fully saturated rings. The first-order valence-electron chi connectivity index (χ1n) is 7.45. The molecule has 2 nitrogen and oxygen atoms in total. The highest BCUT2D eigenvalue weighted by Crippen LogP contribution is 2.37. The molecule has 3 aromatic carbocycles. The van der Waals surface area contributed by atoms with Gasteiger partial charge in [0.15, 0.2) is 5.82 Å². The van der Waals surface area contributed by atoms with Crippen LogP contribution >= 0.6 is 0 Å². The molecule has 0 saturated heterocycles. The van der Waals surface area contributed by atoms with E-state index in [2.05, 4.69) is 4.74 Å². The van der Waals surface area contributed by atoms with Gasteiger partial charge in [-0.15, -0.1) is 13.2 Å². The Morgan fingerprint density at radius 1 is 0.769 bits per heavy atom. The lowest BCUT2D eigenvalue weighted by molar-refractivity contribution is -0.274. The predicted octanol–water partition coefficient (Wildman–Crippen LogP) is 5.78. The van der Waals surface area contributed by atoms with Crippen molar-refractivity contribution in [2.75, 3.05) is 5.73 Å². The fourth-order valence-electron chi connectivity index (χ4n) is 2.61. The Labute approximate surface area is 145 Å². The average molecular weight is 365 g/mol. The molecule has 2 N–H and O–H groups in total. The van der Waals surface area contributed by atoms with E-state index in [0.29, 0.717) is 16.7 Å². The summed E-state index contributed by atoms with van der Waals surface area (Å²) >= 11 is 0. The number of rotatable bonds is 3. The fourth-order valence-corrected chi connectivity index (χ4v) is 2.61. The molecule has 0 aliphatic carbocycles. The number of alkyl halides is 3. The summed E-state index contributed by atoms with van der Waals surface area (Å²) in [5.41, 5.74) is 6.02. The zero-order valence-corrected chi connectivity index (χ0v) is 13.1. The van der Waals surface area contributed by atoms with Crippen molar-refractivity contribution >= 4 is 5.69 Å². The van der Waals surface area contributed by atoms with Crippen molar-refractivity contribution in [2.24, 2.45) is 0 Å². The lowest BCUT2D eigenvalue weighted by atomic mass is 9.94. The Bertz CT molecular complexity index is 953. The molecule has 0 aliphatic heterocycles. The Hall–Kier alpha value is -3.09. The van der Waals surface area contributed by atoms with Gasteiger partial charge in [-0.05, 0) is 41.0 Å². The number of benzene rings is 3. The molecule has 3 rings (SSSR count). The molecule has 0 heterocycles. The number of nitrogens with two attached hydrogens (primary N) is 1. The van der Waals surface area contributed by atoms with Crippen LogP contribution in [0.25, 0.3) is 22.3 Å². The van der Waals surface area contributed by atoms with Crippen molar-refractivity contribution < 1.29 is 26.7 Å². The highest BCUT2D eigenvalue weighted by atomic mass is 19.4. The summed E-state index contributed by atoms with van der Waals surface area (Å²) in [5, 5.41) is 0. The van der Waals surface area contributed by atoms with E-state index in [-0.39, 0.29) is 5.56 Å². The Kier molecular flexibility index (Phi) is 4.54. The molecule has 0 saturated carbocycles. The highest BCUT2D eigenvalue weighted by Gasteiger charge is 2.31. The molecule has 0 amide bonds. The summed E-state index contributed by atoms with van der Waals surface area (Å²) in [6.45, 7) is 0. The minimum absolute atomic E-state index is 0.0432. The van der Waals surface area contributed by atoms with Gasteiger partial charge in [0.1, 0.15) is 17.3 Å². The van der Waals surface area contributed by atoms with Crippen molar-refractivity contribution in [3.8, 4) is 28.0 Å². The van der Waals surface area contributed by atoms with Crippen LogP contribution in [-0.4, -0.2) is 6.36 Å². The van der Waals surface area contributed by atoms with E-state index in [9.17, 15) is 22.0 Å². The van der Waals surface area contributed by atoms with E-state index >= 15 is 0 Å². The fraction of sp³-hybridized carbons (Fsp3) is 0.0526. The van der Waals surface area contributed by atoms with Crippen LogP contribution in [0.15, 0.2) is 60.7 Å². The first-order chi connectivity index (χ1) is 12.3. The topological polar surface area (TPSA) is 35.2 Å². The lowest BCUT2D eigenvalue weighted by Gasteiger charge is -2.14. The lowest BCUT2D eigenvalue weighted by Crippen LogP contribution is -2.17. The molecule has 134 valence electrons. The first-order valence-corrected chi connectivity index (χ1v) is 7.45. The van der Waals surface area contributed by atoms with Gasteiger partial charge in [0.25, 0.3) is 0 Å². The van der Waals surface area contributed by atoms with Crippen molar-refractivity contribution in [2.45, 2.75) is 6.36 Å². The molecular weight excluding hydrogens is 353 g/mol. The van der Waals surface area contributed by atoms with Crippen LogP contribution in [-0.2, 0) is 0 Å². The number of halogens is 5. The number of anilines is 1. The number of hydrogen-bond donors (Lipinski definition) is 1. The van der Waals surface area contributed by atoms with E-state index in [0.717, 1.165) is 12.1 Å². The smallest absolute Gasteiger partial charge is 0.406 e. The van der Waals surface area contributed by atoms with Gasteiger partial charge in [0.05, 0.1) is 0 Å². The van der Waals surface area contributed by atoms with Gasteiger partial charge in [0, 0.05) is 5.56 Å². The van der Waals surface area contributed by atoms with Gasteiger partial charge >= 0.3 is 6.36 Å². The zero-order chi connectivity index (χ0) is 18.9. The largest absolute Gasteiger partial charge is 0.573 e. The molecule has 0 aliphatic rings. The molecular formula is C19H12F5NO. The highest BCUT2D eigenvalue weighted by molar-refractivity contribution is 5.85. The summed E-state index contributed by atoms with van der Waals surface area (Å²) in [7, 11) is 0.